The zero-order valence-electron chi connectivity index (χ0n) is 9.83. The van der Waals surface area contributed by atoms with Gasteiger partial charge in [-0.05, 0) is 12.5 Å². The van der Waals surface area contributed by atoms with Gasteiger partial charge in [-0.25, -0.2) is 12.8 Å². The molecule has 0 aliphatic carbocycles. The van der Waals surface area contributed by atoms with Gasteiger partial charge in [0, 0.05) is 6.07 Å². The molecule has 9 heteroatoms. The van der Waals surface area contributed by atoms with Crippen LogP contribution < -0.4 is 4.72 Å². The van der Waals surface area contributed by atoms with E-state index in [1.165, 1.54) is 6.92 Å². The molecule has 0 spiro atoms. The predicted molar refractivity (Wildman–Crippen MR) is 65.3 cm³/mol. The SMILES string of the molecule is CCC(C#N)S(=O)(=O)Nc1ccc([N+](=O)[O-])cc1F. The molecule has 7 nitrogen and oxygen atoms in total. The van der Waals surface area contributed by atoms with Crippen LogP contribution in [0.3, 0.4) is 0 Å². The maximum absolute atomic E-state index is 13.5. The van der Waals surface area contributed by atoms with Gasteiger partial charge in [0.05, 0.1) is 22.7 Å². The third-order valence-electron chi connectivity index (χ3n) is 2.31. The first-order chi connectivity index (χ1) is 8.81. The van der Waals surface area contributed by atoms with Crippen molar-refractivity contribution in [3.8, 4) is 6.07 Å². The van der Waals surface area contributed by atoms with Crippen molar-refractivity contribution in [1.82, 2.24) is 0 Å². The number of benzene rings is 1. The highest BCUT2D eigenvalue weighted by Gasteiger charge is 2.25. The van der Waals surface area contributed by atoms with E-state index in [9.17, 15) is 22.9 Å². The number of anilines is 1. The highest BCUT2D eigenvalue weighted by atomic mass is 32.2. The number of rotatable bonds is 5. The second-order valence-corrected chi connectivity index (χ2v) is 5.46. The number of sulfonamides is 1. The largest absolute Gasteiger partial charge is 0.279 e. The summed E-state index contributed by atoms with van der Waals surface area (Å²) in [5.74, 6) is -1.08. The normalized spacial score (nSPS) is 12.5. The first-order valence-corrected chi connectivity index (χ1v) is 6.71. The second-order valence-electron chi connectivity index (χ2n) is 3.59. The molecular weight excluding hydrogens is 277 g/mol. The Morgan fingerprint density at radius 1 is 1.58 bits per heavy atom. The number of nitro benzene ring substituents is 1. The molecule has 1 atom stereocenters. The van der Waals surface area contributed by atoms with Gasteiger partial charge in [0.15, 0.2) is 11.1 Å². The number of nitrogens with zero attached hydrogens (tertiary/aromatic N) is 2. The molecule has 1 unspecified atom stereocenters. The van der Waals surface area contributed by atoms with Gasteiger partial charge in [0.1, 0.15) is 0 Å². The summed E-state index contributed by atoms with van der Waals surface area (Å²) in [5.41, 5.74) is -0.924. The number of hydrogen-bond acceptors (Lipinski definition) is 5. The van der Waals surface area contributed by atoms with Crippen LogP contribution >= 0.6 is 0 Å². The van der Waals surface area contributed by atoms with Crippen LogP contribution in [-0.4, -0.2) is 18.6 Å². The Morgan fingerprint density at radius 2 is 2.21 bits per heavy atom. The lowest BCUT2D eigenvalue weighted by atomic mass is 10.3. The topological polar surface area (TPSA) is 113 Å². The maximum atomic E-state index is 13.5. The zero-order chi connectivity index (χ0) is 14.6. The third-order valence-corrected chi connectivity index (χ3v) is 4.00. The van der Waals surface area contributed by atoms with Gasteiger partial charge in [-0.2, -0.15) is 5.26 Å². The van der Waals surface area contributed by atoms with Gasteiger partial charge in [-0.1, -0.05) is 6.92 Å². The van der Waals surface area contributed by atoms with Crippen LogP contribution in [0.25, 0.3) is 0 Å². The predicted octanol–water partition coefficient (Wildman–Crippen LogP) is 1.78. The van der Waals surface area contributed by atoms with Crippen molar-refractivity contribution in [3.05, 3.63) is 34.1 Å². The summed E-state index contributed by atoms with van der Waals surface area (Å²) in [5, 5.41) is 17.8. The minimum absolute atomic E-state index is 0.0421. The van der Waals surface area contributed by atoms with Crippen molar-refractivity contribution < 1.29 is 17.7 Å². The fraction of sp³-hybridized carbons (Fsp3) is 0.300. The standard InChI is InChI=1S/C10H10FN3O4S/c1-2-8(6-12)19(17,18)13-10-4-3-7(14(15)16)5-9(10)11/h3-5,8,13H,2H2,1H3. The van der Waals surface area contributed by atoms with Crippen LogP contribution in [0.4, 0.5) is 15.8 Å². The van der Waals surface area contributed by atoms with Gasteiger partial charge >= 0.3 is 0 Å². The number of nitriles is 1. The zero-order valence-corrected chi connectivity index (χ0v) is 10.6. The lowest BCUT2D eigenvalue weighted by molar-refractivity contribution is -0.385. The lowest BCUT2D eigenvalue weighted by Crippen LogP contribution is -2.26. The van der Waals surface area contributed by atoms with Crippen LogP contribution in [-0.2, 0) is 10.0 Å². The van der Waals surface area contributed by atoms with Crippen molar-refractivity contribution in [2.75, 3.05) is 4.72 Å². The highest BCUT2D eigenvalue weighted by Crippen LogP contribution is 2.22. The monoisotopic (exact) mass is 287 g/mol. The molecule has 102 valence electrons. The van der Waals surface area contributed by atoms with E-state index in [2.05, 4.69) is 0 Å². The van der Waals surface area contributed by atoms with E-state index in [1.807, 2.05) is 4.72 Å². The molecule has 0 heterocycles. The van der Waals surface area contributed by atoms with Gasteiger partial charge in [-0.15, -0.1) is 0 Å². The summed E-state index contributed by atoms with van der Waals surface area (Å²) < 4.78 is 38.8. The van der Waals surface area contributed by atoms with E-state index in [1.54, 1.807) is 6.07 Å². The van der Waals surface area contributed by atoms with E-state index >= 15 is 0 Å². The summed E-state index contributed by atoms with van der Waals surface area (Å²) in [6, 6.07) is 4.09. The molecule has 0 aliphatic heterocycles. The molecule has 1 aromatic carbocycles. The van der Waals surface area contributed by atoms with E-state index in [-0.39, 0.29) is 6.42 Å². The van der Waals surface area contributed by atoms with Gasteiger partial charge < -0.3 is 0 Å². The molecular formula is C10H10FN3O4S. The molecule has 0 aliphatic rings. The fourth-order valence-corrected chi connectivity index (χ4v) is 2.50. The number of hydrogen-bond donors (Lipinski definition) is 1. The minimum atomic E-state index is -4.05. The Bertz CT molecular complexity index is 639. The van der Waals surface area contributed by atoms with Gasteiger partial charge in [-0.3, -0.25) is 14.8 Å². The summed E-state index contributed by atoms with van der Waals surface area (Å²) in [6.45, 7) is 1.50. The van der Waals surface area contributed by atoms with Crippen molar-refractivity contribution in [2.45, 2.75) is 18.6 Å². The highest BCUT2D eigenvalue weighted by molar-refractivity contribution is 7.93. The summed E-state index contributed by atoms with van der Waals surface area (Å²) in [6.07, 6.45) is 0.0421. The minimum Gasteiger partial charge on any atom is -0.279 e. The van der Waals surface area contributed by atoms with Crippen LogP contribution in [0.15, 0.2) is 18.2 Å². The van der Waals surface area contributed by atoms with Crippen LogP contribution in [0.5, 0.6) is 0 Å². The van der Waals surface area contributed by atoms with Crippen molar-refractivity contribution in [3.63, 3.8) is 0 Å². The van der Waals surface area contributed by atoms with E-state index < -0.39 is 37.4 Å². The molecule has 0 saturated carbocycles. The van der Waals surface area contributed by atoms with E-state index in [0.717, 1.165) is 12.1 Å². The van der Waals surface area contributed by atoms with E-state index in [4.69, 9.17) is 5.26 Å². The van der Waals surface area contributed by atoms with Crippen molar-refractivity contribution in [2.24, 2.45) is 0 Å². The Balaban J connectivity index is 3.08. The first-order valence-electron chi connectivity index (χ1n) is 5.17. The molecule has 0 fully saturated rings. The number of halogens is 1. The van der Waals surface area contributed by atoms with Crippen LogP contribution in [0.2, 0.25) is 0 Å². The van der Waals surface area contributed by atoms with Gasteiger partial charge in [0.25, 0.3) is 5.69 Å². The smallest absolute Gasteiger partial charge is 0.272 e. The number of nitro groups is 1. The number of non-ortho nitro benzene ring substituents is 1. The summed E-state index contributed by atoms with van der Waals surface area (Å²) in [4.78, 5) is 9.61. The lowest BCUT2D eigenvalue weighted by Gasteiger charge is -2.11. The van der Waals surface area contributed by atoms with Crippen LogP contribution in [0, 0.1) is 27.3 Å². The quantitative estimate of drug-likeness (QED) is 0.655. The Hall–Kier alpha value is -2.21. The van der Waals surface area contributed by atoms with Crippen molar-refractivity contribution in [1.29, 1.82) is 5.26 Å². The average molecular weight is 287 g/mol. The maximum Gasteiger partial charge on any atom is 0.272 e. The molecule has 1 N–H and O–H groups in total. The molecule has 1 rings (SSSR count). The third kappa shape index (κ3) is 3.38. The molecule has 19 heavy (non-hydrogen) atoms. The molecule has 0 amide bonds. The Labute approximate surface area is 108 Å². The molecule has 0 saturated heterocycles. The Morgan fingerprint density at radius 3 is 2.63 bits per heavy atom. The molecule has 0 aromatic heterocycles. The second kappa shape index (κ2) is 5.62. The Kier molecular flexibility index (Phi) is 4.39. The van der Waals surface area contributed by atoms with Crippen LogP contribution in [0.1, 0.15) is 13.3 Å². The molecule has 1 aromatic rings. The first kappa shape index (κ1) is 14.8. The summed E-state index contributed by atoms with van der Waals surface area (Å²) in [7, 11) is -4.05. The molecule has 0 bridgehead atoms. The number of nitrogens with one attached hydrogen (secondary N) is 1. The average Bonchev–Trinajstić information content (AvgIpc) is 2.32. The van der Waals surface area contributed by atoms with E-state index in [0.29, 0.717) is 6.07 Å². The van der Waals surface area contributed by atoms with Crippen molar-refractivity contribution >= 4 is 21.4 Å². The fourth-order valence-electron chi connectivity index (χ4n) is 1.30. The van der Waals surface area contributed by atoms with Gasteiger partial charge in [0.2, 0.25) is 10.0 Å². The molecule has 0 radical (unpaired) electrons. The summed E-state index contributed by atoms with van der Waals surface area (Å²) >= 11 is 0.